The normalized spacial score (nSPS) is 17.6. The Morgan fingerprint density at radius 2 is 2.00 bits per heavy atom. The molecular weight excluding hydrogens is 322 g/mol. The highest BCUT2D eigenvalue weighted by Crippen LogP contribution is 2.39. The van der Waals surface area contributed by atoms with Gasteiger partial charge in [0.15, 0.2) is 6.04 Å². The molecule has 1 aliphatic heterocycles. The van der Waals surface area contributed by atoms with E-state index in [2.05, 4.69) is 5.32 Å². The fourth-order valence-electron chi connectivity index (χ4n) is 3.12. The van der Waals surface area contributed by atoms with E-state index in [-0.39, 0.29) is 11.7 Å². The highest BCUT2D eigenvalue weighted by Gasteiger charge is 2.40. The molecule has 1 aliphatic rings. The molecule has 2 aromatic carbocycles. The van der Waals surface area contributed by atoms with Gasteiger partial charge in [-0.2, -0.15) is 0 Å². The van der Waals surface area contributed by atoms with Crippen molar-refractivity contribution in [1.82, 2.24) is 10.2 Å². The van der Waals surface area contributed by atoms with Crippen LogP contribution >= 0.6 is 0 Å². The van der Waals surface area contributed by atoms with Crippen LogP contribution in [0.25, 0.3) is 10.8 Å². The van der Waals surface area contributed by atoms with Crippen LogP contribution < -0.4 is 10.1 Å². The predicted octanol–water partition coefficient (Wildman–Crippen LogP) is 3.44. The predicted molar refractivity (Wildman–Crippen MR) is 93.8 cm³/mol. The maximum absolute atomic E-state index is 12.3. The number of hydrogen-bond donors (Lipinski definition) is 1. The molecule has 3 rings (SSSR count). The third kappa shape index (κ3) is 2.77. The molecular formula is C18H19N3O4. The summed E-state index contributed by atoms with van der Waals surface area (Å²) in [4.78, 5) is 24.8. The fraction of sp³-hybridized carbons (Fsp3) is 0.278. The SMILES string of the molecule is CCOc1ccc2ccccc2c1C1NC(=O)N(C)C(C)=C1[N+](=O)[O-]. The summed E-state index contributed by atoms with van der Waals surface area (Å²) in [7, 11) is 1.51. The summed E-state index contributed by atoms with van der Waals surface area (Å²) in [6.45, 7) is 3.85. The van der Waals surface area contributed by atoms with Gasteiger partial charge in [0.25, 0.3) is 5.70 Å². The summed E-state index contributed by atoms with van der Waals surface area (Å²) >= 11 is 0. The monoisotopic (exact) mass is 341 g/mol. The zero-order chi connectivity index (χ0) is 18.1. The number of fused-ring (bicyclic) bond motifs is 1. The maximum Gasteiger partial charge on any atom is 0.322 e. The van der Waals surface area contributed by atoms with E-state index >= 15 is 0 Å². The van der Waals surface area contributed by atoms with Crippen molar-refractivity contribution in [3.05, 3.63) is 63.5 Å². The summed E-state index contributed by atoms with van der Waals surface area (Å²) in [5, 5.41) is 16.2. The zero-order valence-electron chi connectivity index (χ0n) is 14.3. The van der Waals surface area contributed by atoms with Gasteiger partial charge in [-0.3, -0.25) is 15.0 Å². The second-order valence-electron chi connectivity index (χ2n) is 5.80. The van der Waals surface area contributed by atoms with Crippen LogP contribution in [-0.4, -0.2) is 29.5 Å². The molecule has 1 unspecified atom stereocenters. The van der Waals surface area contributed by atoms with Crippen molar-refractivity contribution in [1.29, 1.82) is 0 Å². The standard InChI is InChI=1S/C18H19N3O4/c1-4-25-14-10-9-12-7-5-6-8-13(12)15(14)16-17(21(23)24)11(2)20(3)18(22)19-16/h5-10,16H,4H2,1-3H3,(H,19,22). The van der Waals surface area contributed by atoms with Crippen LogP contribution in [0.5, 0.6) is 5.75 Å². The van der Waals surface area contributed by atoms with Gasteiger partial charge in [-0.05, 0) is 30.7 Å². The molecule has 1 N–H and O–H groups in total. The molecule has 0 fully saturated rings. The van der Waals surface area contributed by atoms with Crippen molar-refractivity contribution in [2.75, 3.05) is 13.7 Å². The zero-order valence-corrected chi connectivity index (χ0v) is 14.3. The highest BCUT2D eigenvalue weighted by atomic mass is 16.6. The van der Waals surface area contributed by atoms with Crippen molar-refractivity contribution in [2.24, 2.45) is 0 Å². The lowest BCUT2D eigenvalue weighted by Gasteiger charge is -2.30. The van der Waals surface area contributed by atoms with Gasteiger partial charge in [0, 0.05) is 12.6 Å². The minimum Gasteiger partial charge on any atom is -0.493 e. The van der Waals surface area contributed by atoms with Gasteiger partial charge < -0.3 is 10.1 Å². The number of hydrogen-bond acceptors (Lipinski definition) is 4. The molecule has 1 atom stereocenters. The molecule has 2 amide bonds. The molecule has 0 bridgehead atoms. The van der Waals surface area contributed by atoms with Crippen LogP contribution in [0.2, 0.25) is 0 Å². The number of nitro groups is 1. The highest BCUT2D eigenvalue weighted by molar-refractivity contribution is 5.90. The molecule has 0 radical (unpaired) electrons. The van der Waals surface area contributed by atoms with Crippen LogP contribution in [0.15, 0.2) is 47.8 Å². The van der Waals surface area contributed by atoms with Gasteiger partial charge in [-0.25, -0.2) is 4.79 Å². The van der Waals surface area contributed by atoms with Crippen LogP contribution in [0, 0.1) is 10.1 Å². The summed E-state index contributed by atoms with van der Waals surface area (Å²) < 4.78 is 5.71. The van der Waals surface area contributed by atoms with Crippen LogP contribution in [0.3, 0.4) is 0 Å². The van der Waals surface area contributed by atoms with E-state index in [1.165, 1.54) is 11.9 Å². The molecule has 1 heterocycles. The molecule has 130 valence electrons. The molecule has 0 aromatic heterocycles. The van der Waals surface area contributed by atoms with E-state index in [1.807, 2.05) is 37.3 Å². The molecule has 0 saturated carbocycles. The number of carbonyl (C=O) groups is 1. The van der Waals surface area contributed by atoms with Gasteiger partial charge >= 0.3 is 6.03 Å². The Balaban J connectivity index is 2.31. The number of ether oxygens (including phenoxy) is 1. The smallest absolute Gasteiger partial charge is 0.322 e. The number of allylic oxidation sites excluding steroid dienone is 1. The van der Waals surface area contributed by atoms with Crippen molar-refractivity contribution in [2.45, 2.75) is 19.9 Å². The second-order valence-corrected chi connectivity index (χ2v) is 5.80. The third-order valence-electron chi connectivity index (χ3n) is 4.44. The van der Waals surface area contributed by atoms with Gasteiger partial charge in [0.1, 0.15) is 5.75 Å². The minimum atomic E-state index is -0.883. The first-order valence-corrected chi connectivity index (χ1v) is 7.99. The lowest BCUT2D eigenvalue weighted by atomic mass is 9.94. The van der Waals surface area contributed by atoms with Crippen molar-refractivity contribution < 1.29 is 14.5 Å². The van der Waals surface area contributed by atoms with E-state index in [9.17, 15) is 14.9 Å². The van der Waals surface area contributed by atoms with Crippen molar-refractivity contribution >= 4 is 16.8 Å². The van der Waals surface area contributed by atoms with Crippen LogP contribution in [-0.2, 0) is 0 Å². The third-order valence-corrected chi connectivity index (χ3v) is 4.44. The second kappa shape index (κ2) is 6.43. The summed E-state index contributed by atoms with van der Waals surface area (Å²) in [5.74, 6) is 0.531. The number of benzene rings is 2. The van der Waals surface area contributed by atoms with E-state index < -0.39 is 11.0 Å². The average Bonchev–Trinajstić information content (AvgIpc) is 2.59. The Morgan fingerprint density at radius 3 is 2.68 bits per heavy atom. The van der Waals surface area contributed by atoms with Crippen molar-refractivity contribution in [3.63, 3.8) is 0 Å². The molecule has 2 aromatic rings. The van der Waals surface area contributed by atoms with E-state index in [0.717, 1.165) is 10.8 Å². The first-order valence-electron chi connectivity index (χ1n) is 7.99. The lowest BCUT2D eigenvalue weighted by Crippen LogP contribution is -2.46. The lowest BCUT2D eigenvalue weighted by molar-refractivity contribution is -0.433. The topological polar surface area (TPSA) is 84.7 Å². The number of nitrogens with one attached hydrogen (secondary N) is 1. The summed E-state index contributed by atoms with van der Waals surface area (Å²) in [6.07, 6.45) is 0. The molecule has 7 heteroatoms. The number of urea groups is 1. The van der Waals surface area contributed by atoms with Gasteiger partial charge in [0.2, 0.25) is 0 Å². The Labute approximate surface area is 145 Å². The summed E-state index contributed by atoms with van der Waals surface area (Å²) in [6, 6.07) is 9.99. The van der Waals surface area contributed by atoms with E-state index in [1.54, 1.807) is 13.0 Å². The van der Waals surface area contributed by atoms with E-state index in [4.69, 9.17) is 4.74 Å². The molecule has 0 spiro atoms. The summed E-state index contributed by atoms with van der Waals surface area (Å²) in [5.41, 5.74) is 0.862. The van der Waals surface area contributed by atoms with Crippen LogP contribution in [0.1, 0.15) is 25.5 Å². The quantitative estimate of drug-likeness (QED) is 0.682. The molecule has 25 heavy (non-hydrogen) atoms. The van der Waals surface area contributed by atoms with Gasteiger partial charge in [0.05, 0.1) is 17.2 Å². The Bertz CT molecular complexity index is 891. The first kappa shape index (κ1) is 16.8. The van der Waals surface area contributed by atoms with Crippen molar-refractivity contribution in [3.8, 4) is 5.75 Å². The number of rotatable bonds is 4. The molecule has 7 nitrogen and oxygen atoms in total. The largest absolute Gasteiger partial charge is 0.493 e. The average molecular weight is 341 g/mol. The van der Waals surface area contributed by atoms with Crippen LogP contribution in [0.4, 0.5) is 4.79 Å². The Hall–Kier alpha value is -3.09. The number of nitrogens with zero attached hydrogens (tertiary/aromatic N) is 2. The fourth-order valence-corrected chi connectivity index (χ4v) is 3.12. The molecule has 0 saturated heterocycles. The Morgan fingerprint density at radius 1 is 1.28 bits per heavy atom. The van der Waals surface area contributed by atoms with E-state index in [0.29, 0.717) is 23.6 Å². The van der Waals surface area contributed by atoms with Gasteiger partial charge in [-0.1, -0.05) is 30.3 Å². The molecule has 0 aliphatic carbocycles. The Kier molecular flexibility index (Phi) is 4.31. The minimum absolute atomic E-state index is 0.0561. The number of amides is 2. The maximum atomic E-state index is 12.3. The van der Waals surface area contributed by atoms with Gasteiger partial charge in [-0.15, -0.1) is 0 Å². The number of carbonyl (C=O) groups excluding carboxylic acids is 1. The first-order chi connectivity index (χ1) is 12.0.